The molecule has 2 rings (SSSR count). The van der Waals surface area contributed by atoms with Crippen LogP contribution in [0.3, 0.4) is 0 Å². The van der Waals surface area contributed by atoms with Crippen molar-refractivity contribution in [2.75, 3.05) is 4.90 Å². The summed E-state index contributed by atoms with van der Waals surface area (Å²) in [6, 6.07) is 4.41. The van der Waals surface area contributed by atoms with Crippen molar-refractivity contribution in [3.8, 4) is 0 Å². The summed E-state index contributed by atoms with van der Waals surface area (Å²) in [4.78, 5) is 14.6. The van der Waals surface area contributed by atoms with Crippen LogP contribution < -0.4 is 4.90 Å². The van der Waals surface area contributed by atoms with Crippen LogP contribution in [0, 0.1) is 12.8 Å². The smallest absolute Gasteiger partial charge is 0.415 e. The molecule has 0 aliphatic carbocycles. The molecule has 122 valence electrons. The number of benzene rings is 1. The molecule has 0 fully saturated rings. The van der Waals surface area contributed by atoms with Crippen molar-refractivity contribution in [1.82, 2.24) is 0 Å². The molecule has 1 aromatic carbocycles. The second-order valence-electron chi connectivity index (χ2n) is 7.43. The van der Waals surface area contributed by atoms with Gasteiger partial charge in [0.2, 0.25) is 0 Å². The van der Waals surface area contributed by atoms with Gasteiger partial charge in [-0.3, -0.25) is 4.90 Å². The Balaban J connectivity index is 2.46. The molecule has 0 aromatic heterocycles. The van der Waals surface area contributed by atoms with Crippen molar-refractivity contribution >= 4 is 27.7 Å². The Bertz CT molecular complexity index is 575. The first kappa shape index (κ1) is 17.3. The molecular formula is C18H26BrNO2. The molecule has 3 nitrogen and oxygen atoms in total. The SMILES string of the molecule is Cc1cc2c(cc1Br)N(C(=O)OC(C)(C)C)C(C(C)C)CC2. The van der Waals surface area contributed by atoms with E-state index in [4.69, 9.17) is 4.74 Å². The second kappa shape index (κ2) is 6.23. The fraction of sp³-hybridized carbons (Fsp3) is 0.611. The molecule has 0 radical (unpaired) electrons. The largest absolute Gasteiger partial charge is 0.443 e. The van der Waals surface area contributed by atoms with E-state index in [1.54, 1.807) is 0 Å². The van der Waals surface area contributed by atoms with Gasteiger partial charge in [0, 0.05) is 10.5 Å². The molecular weight excluding hydrogens is 342 g/mol. The Morgan fingerprint density at radius 3 is 2.55 bits per heavy atom. The Hall–Kier alpha value is -1.03. The van der Waals surface area contributed by atoms with Gasteiger partial charge in [-0.1, -0.05) is 35.8 Å². The number of halogens is 1. The van der Waals surface area contributed by atoms with E-state index >= 15 is 0 Å². The lowest BCUT2D eigenvalue weighted by atomic mass is 9.89. The van der Waals surface area contributed by atoms with Gasteiger partial charge >= 0.3 is 6.09 Å². The zero-order chi connectivity index (χ0) is 16.7. The van der Waals surface area contributed by atoms with E-state index in [0.717, 1.165) is 23.0 Å². The van der Waals surface area contributed by atoms with E-state index in [0.29, 0.717) is 5.92 Å². The third-order valence-corrected chi connectivity index (χ3v) is 4.87. The number of carbonyl (C=O) groups excluding carboxylic acids is 1. The van der Waals surface area contributed by atoms with Crippen molar-refractivity contribution in [3.63, 3.8) is 0 Å². The van der Waals surface area contributed by atoms with Crippen molar-refractivity contribution in [2.24, 2.45) is 5.92 Å². The van der Waals surface area contributed by atoms with Crippen molar-refractivity contribution in [1.29, 1.82) is 0 Å². The van der Waals surface area contributed by atoms with Crippen LogP contribution >= 0.6 is 15.9 Å². The first-order valence-electron chi connectivity index (χ1n) is 7.91. The Kier molecular flexibility index (Phi) is 4.90. The summed E-state index contributed by atoms with van der Waals surface area (Å²) >= 11 is 3.59. The number of anilines is 1. The maximum absolute atomic E-state index is 12.8. The van der Waals surface area contributed by atoms with Gasteiger partial charge in [-0.25, -0.2) is 4.79 Å². The van der Waals surface area contributed by atoms with Gasteiger partial charge in [-0.05, 0) is 63.6 Å². The Labute approximate surface area is 142 Å². The van der Waals surface area contributed by atoms with Crippen molar-refractivity contribution < 1.29 is 9.53 Å². The van der Waals surface area contributed by atoms with Crippen LogP contribution in [0.15, 0.2) is 16.6 Å². The average molecular weight is 368 g/mol. The molecule has 0 saturated carbocycles. The van der Waals surface area contributed by atoms with Gasteiger partial charge in [0.1, 0.15) is 5.60 Å². The van der Waals surface area contributed by atoms with Crippen LogP contribution in [0.2, 0.25) is 0 Å². The van der Waals surface area contributed by atoms with E-state index in [9.17, 15) is 4.79 Å². The van der Waals surface area contributed by atoms with Crippen LogP contribution in [-0.4, -0.2) is 17.7 Å². The fourth-order valence-corrected chi connectivity index (χ4v) is 3.27. The van der Waals surface area contributed by atoms with E-state index < -0.39 is 5.60 Å². The van der Waals surface area contributed by atoms with Gasteiger partial charge in [-0.2, -0.15) is 0 Å². The van der Waals surface area contributed by atoms with Crippen LogP contribution in [0.4, 0.5) is 10.5 Å². The Morgan fingerprint density at radius 2 is 2.00 bits per heavy atom. The summed E-state index contributed by atoms with van der Waals surface area (Å²) in [5.41, 5.74) is 2.92. The minimum atomic E-state index is -0.488. The first-order chi connectivity index (χ1) is 10.1. The molecule has 1 aliphatic heterocycles. The highest BCUT2D eigenvalue weighted by atomic mass is 79.9. The molecule has 0 saturated heterocycles. The summed E-state index contributed by atoms with van der Waals surface area (Å²) in [5, 5.41) is 0. The maximum Gasteiger partial charge on any atom is 0.415 e. The van der Waals surface area contributed by atoms with Gasteiger partial charge in [0.25, 0.3) is 0 Å². The maximum atomic E-state index is 12.8. The third-order valence-electron chi connectivity index (χ3n) is 4.02. The number of nitrogens with zero attached hydrogens (tertiary/aromatic N) is 1. The number of rotatable bonds is 1. The van der Waals surface area contributed by atoms with Crippen LogP contribution in [0.25, 0.3) is 0 Å². The summed E-state index contributed by atoms with van der Waals surface area (Å²) in [5.74, 6) is 0.390. The van der Waals surface area contributed by atoms with E-state index in [2.05, 4.69) is 48.8 Å². The second-order valence-corrected chi connectivity index (χ2v) is 8.28. The lowest BCUT2D eigenvalue weighted by molar-refractivity contribution is 0.0550. The van der Waals surface area contributed by atoms with Crippen LogP contribution in [-0.2, 0) is 11.2 Å². The molecule has 1 amide bonds. The van der Waals surface area contributed by atoms with E-state index in [-0.39, 0.29) is 12.1 Å². The molecule has 4 heteroatoms. The Morgan fingerprint density at radius 1 is 1.36 bits per heavy atom. The predicted molar refractivity (Wildman–Crippen MR) is 94.5 cm³/mol. The summed E-state index contributed by atoms with van der Waals surface area (Å²) in [6.45, 7) is 12.1. The standard InChI is InChI=1S/C18H26BrNO2/c1-11(2)15-8-7-13-9-12(3)14(19)10-16(13)20(15)17(21)22-18(4,5)6/h9-11,15H,7-8H2,1-6H3. The third kappa shape index (κ3) is 3.65. The predicted octanol–water partition coefficient (Wildman–Crippen LogP) is 5.47. The summed E-state index contributed by atoms with van der Waals surface area (Å²) < 4.78 is 6.69. The molecule has 1 unspecified atom stereocenters. The topological polar surface area (TPSA) is 29.5 Å². The normalized spacial score (nSPS) is 18.4. The highest BCUT2D eigenvalue weighted by Gasteiger charge is 2.35. The van der Waals surface area contributed by atoms with Crippen LogP contribution in [0.1, 0.15) is 52.2 Å². The van der Waals surface area contributed by atoms with Crippen molar-refractivity contribution in [3.05, 3.63) is 27.7 Å². The molecule has 1 aromatic rings. The molecule has 1 atom stereocenters. The highest BCUT2D eigenvalue weighted by molar-refractivity contribution is 9.10. The summed E-state index contributed by atoms with van der Waals surface area (Å²) in [6.07, 6.45) is 1.74. The van der Waals surface area contributed by atoms with Gasteiger partial charge in [0.05, 0.1) is 5.69 Å². The number of ether oxygens (including phenoxy) is 1. The number of hydrogen-bond donors (Lipinski definition) is 0. The zero-order valence-corrected chi connectivity index (χ0v) is 16.0. The average Bonchev–Trinajstić information content (AvgIpc) is 2.36. The van der Waals surface area contributed by atoms with E-state index in [1.165, 1.54) is 11.1 Å². The van der Waals surface area contributed by atoms with Gasteiger partial charge in [0.15, 0.2) is 0 Å². The zero-order valence-electron chi connectivity index (χ0n) is 14.4. The molecule has 1 heterocycles. The number of fused-ring (bicyclic) bond motifs is 1. The van der Waals surface area contributed by atoms with Gasteiger partial charge in [-0.15, -0.1) is 0 Å². The number of hydrogen-bond acceptors (Lipinski definition) is 2. The first-order valence-corrected chi connectivity index (χ1v) is 8.70. The molecule has 0 bridgehead atoms. The highest BCUT2D eigenvalue weighted by Crippen LogP contribution is 2.37. The van der Waals surface area contributed by atoms with Crippen molar-refractivity contribution in [2.45, 2.75) is 66.0 Å². The van der Waals surface area contributed by atoms with Crippen LogP contribution in [0.5, 0.6) is 0 Å². The van der Waals surface area contributed by atoms with E-state index in [1.807, 2.05) is 25.7 Å². The van der Waals surface area contributed by atoms with Gasteiger partial charge < -0.3 is 4.74 Å². The fourth-order valence-electron chi connectivity index (χ4n) is 2.94. The quantitative estimate of drug-likeness (QED) is 0.658. The monoisotopic (exact) mass is 367 g/mol. The molecule has 0 N–H and O–H groups in total. The minimum Gasteiger partial charge on any atom is -0.443 e. The minimum absolute atomic E-state index is 0.178. The summed E-state index contributed by atoms with van der Waals surface area (Å²) in [7, 11) is 0. The number of aryl methyl sites for hydroxylation is 2. The lowest BCUT2D eigenvalue weighted by Crippen LogP contribution is -2.48. The lowest BCUT2D eigenvalue weighted by Gasteiger charge is -2.40. The molecule has 1 aliphatic rings. The molecule has 22 heavy (non-hydrogen) atoms. The molecule has 0 spiro atoms. The number of amides is 1. The number of carbonyl (C=O) groups is 1.